The molecule has 0 saturated heterocycles. The molecule has 0 rings (SSSR count). The van der Waals surface area contributed by atoms with Gasteiger partial charge in [0.05, 0.1) is 34.4 Å². The van der Waals surface area contributed by atoms with Gasteiger partial charge in [0.2, 0.25) is 0 Å². The van der Waals surface area contributed by atoms with Gasteiger partial charge in [0.25, 0.3) is 6.29 Å². The molecule has 0 aliphatic carbocycles. The number of carboxylic acids is 1. The maximum absolute atomic E-state index is 13.0. The normalized spacial score (nSPS) is 13.4. The van der Waals surface area contributed by atoms with Crippen LogP contribution in [0.25, 0.3) is 0 Å². The van der Waals surface area contributed by atoms with E-state index in [-0.39, 0.29) is 32.2 Å². The van der Waals surface area contributed by atoms with Crippen molar-refractivity contribution >= 4 is 17.9 Å². The molecular weight excluding hydrogens is 1130 g/mol. The van der Waals surface area contributed by atoms with E-state index >= 15 is 0 Å². The number of nitrogens with zero attached hydrogens (tertiary/aromatic N) is 1. The molecule has 0 amide bonds. The molecule has 0 aliphatic heterocycles. The van der Waals surface area contributed by atoms with Crippen LogP contribution in [0.5, 0.6) is 0 Å². The lowest BCUT2D eigenvalue weighted by atomic mass is 10.0. The molecule has 0 heterocycles. The van der Waals surface area contributed by atoms with Crippen LogP contribution in [0.15, 0.2) is 122 Å². The molecule has 1 N–H and O–H groups in total. The topological polar surface area (TPSA) is 108 Å². The van der Waals surface area contributed by atoms with E-state index in [0.717, 1.165) is 103 Å². The Bertz CT molecular complexity index is 1910. The van der Waals surface area contributed by atoms with E-state index in [4.69, 9.17) is 18.9 Å². The number of carbonyl (C=O) groups is 3. The van der Waals surface area contributed by atoms with Crippen LogP contribution < -0.4 is 0 Å². The molecule has 91 heavy (non-hydrogen) atoms. The zero-order chi connectivity index (χ0) is 66.1. The Balaban J connectivity index is 4.05. The summed E-state index contributed by atoms with van der Waals surface area (Å²) in [4.78, 5) is 37.7. The summed E-state index contributed by atoms with van der Waals surface area (Å²) in [6.07, 6.45) is 99.0. The average Bonchev–Trinajstić information content (AvgIpc) is 3.50. The third-order valence-corrected chi connectivity index (χ3v) is 16.2. The summed E-state index contributed by atoms with van der Waals surface area (Å²) in [6, 6.07) is 0. The number of hydrogen-bond donors (Lipinski definition) is 1. The van der Waals surface area contributed by atoms with E-state index in [1.54, 1.807) is 0 Å². The Morgan fingerprint density at radius 3 is 0.879 bits per heavy atom. The van der Waals surface area contributed by atoms with Gasteiger partial charge < -0.3 is 28.5 Å². The first kappa shape index (κ1) is 86.7. The molecule has 2 unspecified atom stereocenters. The standard InChI is InChI=1S/C82H141NO8/c1-6-8-10-12-14-16-18-20-22-24-26-28-30-32-34-36-37-38-39-40-41-42-43-45-47-49-51-53-55-57-59-61-63-65-67-69-71-73-80(85)91-78(77-90-82(81(86)87)88-75-74-83(3,4)5)76-89-79(84)72-70-68-66-64-62-60-58-56-54-52-50-48-46-44-35-33-31-29-27-25-23-21-19-17-15-13-11-9-7-2/h8-11,14-17,20-23,26-29,32,34,37-38,78,82H,6-7,12-13,18-19,24-25,30-31,33,35-36,39-77H2,1-5H3/p+1/b10-8-,11-9-,16-14-,17-15-,22-20-,23-21-,28-26-,29-27-,34-32-,38-37-. The first-order valence-electron chi connectivity index (χ1n) is 37.7. The summed E-state index contributed by atoms with van der Waals surface area (Å²) < 4.78 is 23.0. The second-order valence-electron chi connectivity index (χ2n) is 26.2. The number of quaternary nitrogens is 1. The lowest BCUT2D eigenvalue weighted by molar-refractivity contribution is -0.870. The molecule has 0 aromatic heterocycles. The summed E-state index contributed by atoms with van der Waals surface area (Å²) in [5.41, 5.74) is 0. The van der Waals surface area contributed by atoms with Crippen molar-refractivity contribution in [2.75, 3.05) is 47.5 Å². The molecule has 9 heteroatoms. The number of hydrogen-bond acceptors (Lipinski definition) is 7. The van der Waals surface area contributed by atoms with Crippen molar-refractivity contribution < 1.29 is 42.9 Å². The minimum absolute atomic E-state index is 0.183. The number of allylic oxidation sites excluding steroid dienone is 20. The Morgan fingerprint density at radius 1 is 0.330 bits per heavy atom. The van der Waals surface area contributed by atoms with Gasteiger partial charge in [0.15, 0.2) is 6.10 Å². The minimum atomic E-state index is -1.51. The first-order valence-corrected chi connectivity index (χ1v) is 37.7. The second kappa shape index (κ2) is 71.5. The maximum Gasteiger partial charge on any atom is 0.361 e. The highest BCUT2D eigenvalue weighted by atomic mass is 16.7. The summed E-state index contributed by atoms with van der Waals surface area (Å²) in [6.45, 7) is 4.68. The zero-order valence-corrected chi connectivity index (χ0v) is 59.7. The highest BCUT2D eigenvalue weighted by Crippen LogP contribution is 2.18. The largest absolute Gasteiger partial charge is 0.477 e. The molecule has 0 fully saturated rings. The molecule has 0 bridgehead atoms. The fourth-order valence-electron chi connectivity index (χ4n) is 10.5. The molecule has 9 nitrogen and oxygen atoms in total. The summed E-state index contributed by atoms with van der Waals surface area (Å²) in [5.74, 6) is -1.99. The third kappa shape index (κ3) is 73.0. The molecule has 0 radical (unpaired) electrons. The Labute approximate surface area is 561 Å². The summed E-state index contributed by atoms with van der Waals surface area (Å²) in [5, 5.41) is 9.77. The van der Waals surface area contributed by atoms with Crippen LogP contribution in [0.3, 0.4) is 0 Å². The predicted octanol–water partition coefficient (Wildman–Crippen LogP) is 23.9. The number of carbonyl (C=O) groups excluding carboxylic acids is 2. The van der Waals surface area contributed by atoms with Crippen LogP contribution >= 0.6 is 0 Å². The van der Waals surface area contributed by atoms with Gasteiger partial charge in [-0.05, 0) is 103 Å². The van der Waals surface area contributed by atoms with Crippen LogP contribution in [-0.2, 0) is 33.3 Å². The number of likely N-dealkylation sites (N-methyl/N-ethyl adjacent to an activating group) is 1. The molecule has 2 atom stereocenters. The number of carboxylic acid groups (broad SMARTS) is 1. The Kier molecular flexibility index (Phi) is 68.1. The van der Waals surface area contributed by atoms with Gasteiger partial charge in [-0.2, -0.15) is 0 Å². The van der Waals surface area contributed by atoms with Crippen LogP contribution in [0.1, 0.15) is 322 Å². The first-order chi connectivity index (χ1) is 44.6. The third-order valence-electron chi connectivity index (χ3n) is 16.2. The SMILES string of the molecule is CC/C=C\C/C=C\C/C=C\C/C=C\C/C=C\C/C=C\CCCCCCCCCCCCCCCCCCCCC(=O)OC(COC(=O)CCCCCCCCCCCCCCCCCC/C=C\C/C=C\C/C=C\C/C=C\CC)COC(OCC[N+](C)(C)C)C(=O)O. The lowest BCUT2D eigenvalue weighted by Gasteiger charge is -2.25. The van der Waals surface area contributed by atoms with Crippen molar-refractivity contribution in [1.82, 2.24) is 0 Å². The molecular formula is C82H142NO8+. The number of rotatable bonds is 69. The van der Waals surface area contributed by atoms with E-state index < -0.39 is 24.3 Å². The van der Waals surface area contributed by atoms with Crippen LogP contribution in [0.4, 0.5) is 0 Å². The van der Waals surface area contributed by atoms with E-state index in [0.29, 0.717) is 17.4 Å². The van der Waals surface area contributed by atoms with Gasteiger partial charge in [-0.3, -0.25) is 9.59 Å². The van der Waals surface area contributed by atoms with Crippen LogP contribution in [0.2, 0.25) is 0 Å². The number of esters is 2. The van der Waals surface area contributed by atoms with Gasteiger partial charge >= 0.3 is 17.9 Å². The summed E-state index contributed by atoms with van der Waals surface area (Å²) in [7, 11) is 5.98. The predicted molar refractivity (Wildman–Crippen MR) is 391 cm³/mol. The molecule has 0 saturated carbocycles. The van der Waals surface area contributed by atoms with Crippen molar-refractivity contribution in [2.45, 2.75) is 334 Å². The van der Waals surface area contributed by atoms with Gasteiger partial charge in [-0.25, -0.2) is 4.79 Å². The van der Waals surface area contributed by atoms with E-state index in [1.807, 2.05) is 21.1 Å². The van der Waals surface area contributed by atoms with Gasteiger partial charge in [0, 0.05) is 12.8 Å². The quantitative estimate of drug-likeness (QED) is 0.0211. The van der Waals surface area contributed by atoms with E-state index in [1.165, 1.54) is 193 Å². The minimum Gasteiger partial charge on any atom is -0.477 e. The van der Waals surface area contributed by atoms with Crippen LogP contribution in [0, 0.1) is 0 Å². The maximum atomic E-state index is 13.0. The van der Waals surface area contributed by atoms with Crippen molar-refractivity contribution in [1.29, 1.82) is 0 Å². The van der Waals surface area contributed by atoms with Crippen LogP contribution in [-0.4, -0.2) is 87.4 Å². The highest BCUT2D eigenvalue weighted by molar-refractivity contribution is 5.71. The van der Waals surface area contributed by atoms with Gasteiger partial charge in [-0.1, -0.05) is 328 Å². The number of aliphatic carboxylic acids is 1. The summed E-state index contributed by atoms with van der Waals surface area (Å²) >= 11 is 0. The highest BCUT2D eigenvalue weighted by Gasteiger charge is 2.25. The lowest BCUT2D eigenvalue weighted by Crippen LogP contribution is -2.40. The average molecular weight is 1270 g/mol. The zero-order valence-electron chi connectivity index (χ0n) is 59.7. The van der Waals surface area contributed by atoms with Crippen molar-refractivity contribution in [3.63, 3.8) is 0 Å². The van der Waals surface area contributed by atoms with Crippen molar-refractivity contribution in [2.24, 2.45) is 0 Å². The molecule has 0 aliphatic rings. The number of ether oxygens (including phenoxy) is 4. The van der Waals surface area contributed by atoms with Gasteiger partial charge in [-0.15, -0.1) is 0 Å². The Hall–Kier alpha value is -4.31. The molecule has 0 aromatic rings. The Morgan fingerprint density at radius 2 is 0.593 bits per heavy atom. The molecule has 0 spiro atoms. The second-order valence-corrected chi connectivity index (χ2v) is 26.2. The van der Waals surface area contributed by atoms with Crippen molar-refractivity contribution in [3.8, 4) is 0 Å². The fraction of sp³-hybridized carbons (Fsp3) is 0.720. The number of unbranched alkanes of at least 4 members (excludes halogenated alkanes) is 34. The van der Waals surface area contributed by atoms with Crippen molar-refractivity contribution in [3.05, 3.63) is 122 Å². The van der Waals surface area contributed by atoms with Gasteiger partial charge in [0.1, 0.15) is 13.2 Å². The van der Waals surface area contributed by atoms with E-state index in [2.05, 4.69) is 135 Å². The van der Waals surface area contributed by atoms with E-state index in [9.17, 15) is 19.5 Å². The molecule has 0 aromatic carbocycles. The monoisotopic (exact) mass is 1270 g/mol. The smallest absolute Gasteiger partial charge is 0.361 e. The fourth-order valence-corrected chi connectivity index (χ4v) is 10.5. The molecule has 522 valence electrons.